The number of methoxy groups -OCH3 is 1. The van der Waals surface area contributed by atoms with E-state index in [1.807, 2.05) is 0 Å². The third kappa shape index (κ3) is 6.26. The Morgan fingerprint density at radius 1 is 1.02 bits per heavy atom. The smallest absolute Gasteiger partial charge is 0.252 e. The SMILES string of the molecule is COc1ccc(C(NC(=O)c2cccc3ncccc23)C(C(=O)NC(C)(C)C)c2cc(F)ccc2Cl)c(Br)c1F. The number of nitrogens with one attached hydrogen (secondary N) is 2. The molecule has 2 unspecified atom stereocenters. The van der Waals surface area contributed by atoms with Crippen LogP contribution in [0.2, 0.25) is 5.02 Å². The van der Waals surface area contributed by atoms with Gasteiger partial charge in [0.2, 0.25) is 5.91 Å². The molecule has 1 aromatic heterocycles. The molecule has 10 heteroatoms. The number of amides is 2. The zero-order chi connectivity index (χ0) is 29.2. The van der Waals surface area contributed by atoms with E-state index in [1.54, 1.807) is 57.3 Å². The van der Waals surface area contributed by atoms with E-state index >= 15 is 4.39 Å². The molecule has 0 aliphatic heterocycles. The van der Waals surface area contributed by atoms with E-state index in [0.717, 1.165) is 6.07 Å². The van der Waals surface area contributed by atoms with Crippen molar-refractivity contribution in [3.63, 3.8) is 0 Å². The summed E-state index contributed by atoms with van der Waals surface area (Å²) in [5, 5.41) is 6.50. The quantitative estimate of drug-likeness (QED) is 0.228. The summed E-state index contributed by atoms with van der Waals surface area (Å²) in [4.78, 5) is 32.1. The number of rotatable bonds is 7. The molecule has 208 valence electrons. The maximum Gasteiger partial charge on any atom is 0.252 e. The average Bonchev–Trinajstić information content (AvgIpc) is 2.90. The molecule has 0 aliphatic rings. The fourth-order valence-corrected chi connectivity index (χ4v) is 5.29. The van der Waals surface area contributed by atoms with E-state index in [4.69, 9.17) is 16.3 Å². The first-order valence-electron chi connectivity index (χ1n) is 12.3. The highest BCUT2D eigenvalue weighted by atomic mass is 79.9. The zero-order valence-electron chi connectivity index (χ0n) is 22.2. The zero-order valence-corrected chi connectivity index (χ0v) is 24.5. The molecule has 0 spiro atoms. The third-order valence-corrected chi connectivity index (χ3v) is 7.37. The van der Waals surface area contributed by atoms with Gasteiger partial charge >= 0.3 is 0 Å². The van der Waals surface area contributed by atoms with Gasteiger partial charge in [-0.15, -0.1) is 0 Å². The third-order valence-electron chi connectivity index (χ3n) is 6.22. The molecule has 6 nitrogen and oxygen atoms in total. The van der Waals surface area contributed by atoms with Gasteiger partial charge in [0.1, 0.15) is 5.82 Å². The lowest BCUT2D eigenvalue weighted by Crippen LogP contribution is -2.47. The number of ether oxygens (including phenoxy) is 1. The Balaban J connectivity index is 1.94. The molecule has 2 N–H and O–H groups in total. The van der Waals surface area contributed by atoms with Crippen molar-refractivity contribution in [3.8, 4) is 5.75 Å². The van der Waals surface area contributed by atoms with Gasteiger partial charge in [0.05, 0.1) is 29.1 Å². The minimum absolute atomic E-state index is 0.0298. The molecule has 0 aliphatic carbocycles. The van der Waals surface area contributed by atoms with Crippen LogP contribution in [0.4, 0.5) is 8.78 Å². The van der Waals surface area contributed by atoms with Gasteiger partial charge in [0.25, 0.3) is 5.91 Å². The summed E-state index contributed by atoms with van der Waals surface area (Å²) in [5.74, 6) is -3.75. The van der Waals surface area contributed by atoms with Gasteiger partial charge in [-0.25, -0.2) is 8.78 Å². The maximum absolute atomic E-state index is 15.3. The van der Waals surface area contributed by atoms with Crippen molar-refractivity contribution in [3.05, 3.63) is 105 Å². The maximum atomic E-state index is 15.3. The summed E-state index contributed by atoms with van der Waals surface area (Å²) in [6, 6.07) is 13.9. The summed E-state index contributed by atoms with van der Waals surface area (Å²) in [5.41, 5.74) is 0.545. The first-order chi connectivity index (χ1) is 18.9. The number of halogens is 4. The highest BCUT2D eigenvalue weighted by Gasteiger charge is 2.38. The number of hydrogen-bond acceptors (Lipinski definition) is 4. The normalized spacial score (nSPS) is 13.0. The number of benzene rings is 3. The predicted molar refractivity (Wildman–Crippen MR) is 155 cm³/mol. The Hall–Kier alpha value is -3.56. The van der Waals surface area contributed by atoms with Crippen LogP contribution in [0.5, 0.6) is 5.75 Å². The van der Waals surface area contributed by atoms with E-state index in [-0.39, 0.29) is 26.4 Å². The first-order valence-corrected chi connectivity index (χ1v) is 13.5. The van der Waals surface area contributed by atoms with Crippen LogP contribution in [0.15, 0.2) is 71.3 Å². The predicted octanol–water partition coefficient (Wildman–Crippen LogP) is 7.11. The summed E-state index contributed by atoms with van der Waals surface area (Å²) in [6.45, 7) is 5.36. The van der Waals surface area contributed by atoms with Gasteiger partial charge in [0.15, 0.2) is 11.6 Å². The van der Waals surface area contributed by atoms with Crippen molar-refractivity contribution >= 4 is 50.2 Å². The number of carbonyl (C=O) groups excluding carboxylic acids is 2. The van der Waals surface area contributed by atoms with E-state index in [1.165, 1.54) is 31.4 Å². The van der Waals surface area contributed by atoms with Gasteiger partial charge < -0.3 is 15.4 Å². The number of pyridine rings is 1. The highest BCUT2D eigenvalue weighted by Crippen LogP contribution is 2.41. The summed E-state index contributed by atoms with van der Waals surface area (Å²) in [6.07, 6.45) is 1.61. The fraction of sp³-hybridized carbons (Fsp3) is 0.233. The largest absolute Gasteiger partial charge is 0.494 e. The molecule has 0 bridgehead atoms. The van der Waals surface area contributed by atoms with Gasteiger partial charge in [-0.05, 0) is 90.3 Å². The van der Waals surface area contributed by atoms with Crippen LogP contribution in [-0.2, 0) is 4.79 Å². The van der Waals surface area contributed by atoms with Crippen molar-refractivity contribution < 1.29 is 23.1 Å². The second-order valence-electron chi connectivity index (χ2n) is 10.2. The van der Waals surface area contributed by atoms with Crippen molar-refractivity contribution in [2.24, 2.45) is 0 Å². The molecule has 2 amide bonds. The lowest BCUT2D eigenvalue weighted by Gasteiger charge is -2.32. The van der Waals surface area contributed by atoms with Crippen molar-refractivity contribution in [1.29, 1.82) is 0 Å². The molecule has 0 saturated carbocycles. The second kappa shape index (κ2) is 11.9. The minimum atomic E-state index is -1.26. The Kier molecular flexibility index (Phi) is 8.75. The van der Waals surface area contributed by atoms with Crippen LogP contribution < -0.4 is 15.4 Å². The molecular weight excluding hydrogens is 604 g/mol. The standard InChI is InChI=1S/C30H27BrClF2N3O3/c1-30(2,3)37-29(39)24(20-15-16(33)10-12-21(20)32)27(19-11-13-23(40-4)26(34)25(19)31)36-28(38)18-7-5-9-22-17(18)8-6-14-35-22/h5-15,24,27H,1-4H3,(H,36,38)(H,37,39). The second-order valence-corrected chi connectivity index (χ2v) is 11.4. The van der Waals surface area contributed by atoms with Crippen LogP contribution in [0.3, 0.4) is 0 Å². The van der Waals surface area contributed by atoms with Crippen LogP contribution in [-0.4, -0.2) is 29.4 Å². The number of carbonyl (C=O) groups is 2. The molecule has 0 saturated heterocycles. The minimum Gasteiger partial charge on any atom is -0.494 e. The highest BCUT2D eigenvalue weighted by molar-refractivity contribution is 9.10. The van der Waals surface area contributed by atoms with Crippen molar-refractivity contribution in [1.82, 2.24) is 15.6 Å². The summed E-state index contributed by atoms with van der Waals surface area (Å²) >= 11 is 9.80. The molecule has 2 atom stereocenters. The van der Waals surface area contributed by atoms with Gasteiger partial charge in [-0.3, -0.25) is 14.6 Å². The van der Waals surface area contributed by atoms with Gasteiger partial charge in [-0.2, -0.15) is 0 Å². The van der Waals surface area contributed by atoms with Crippen LogP contribution in [0, 0.1) is 11.6 Å². The van der Waals surface area contributed by atoms with Gasteiger partial charge in [0, 0.05) is 27.7 Å². The van der Waals surface area contributed by atoms with Crippen LogP contribution in [0.25, 0.3) is 10.9 Å². The Labute approximate surface area is 244 Å². The van der Waals surface area contributed by atoms with Crippen LogP contribution >= 0.6 is 27.5 Å². The molecule has 4 aromatic rings. The average molecular weight is 631 g/mol. The van der Waals surface area contributed by atoms with Crippen molar-refractivity contribution in [2.45, 2.75) is 38.3 Å². The topological polar surface area (TPSA) is 80.3 Å². The monoisotopic (exact) mass is 629 g/mol. The van der Waals surface area contributed by atoms with E-state index in [2.05, 4.69) is 31.5 Å². The molecular formula is C30H27BrClF2N3O3. The Morgan fingerprint density at radius 3 is 2.48 bits per heavy atom. The molecule has 0 radical (unpaired) electrons. The lowest BCUT2D eigenvalue weighted by atomic mass is 9.84. The van der Waals surface area contributed by atoms with E-state index < -0.39 is 40.9 Å². The van der Waals surface area contributed by atoms with Gasteiger partial charge in [-0.1, -0.05) is 29.8 Å². The number of nitrogens with zero attached hydrogens (tertiary/aromatic N) is 1. The lowest BCUT2D eigenvalue weighted by molar-refractivity contribution is -0.124. The number of aromatic nitrogens is 1. The Bertz CT molecular complexity index is 1590. The molecule has 0 fully saturated rings. The molecule has 40 heavy (non-hydrogen) atoms. The molecule has 3 aromatic carbocycles. The van der Waals surface area contributed by atoms with E-state index in [9.17, 15) is 14.0 Å². The summed E-state index contributed by atoms with van der Waals surface area (Å²) < 4.78 is 34.9. The summed E-state index contributed by atoms with van der Waals surface area (Å²) in [7, 11) is 1.32. The first kappa shape index (κ1) is 29.4. The fourth-order valence-electron chi connectivity index (χ4n) is 4.48. The van der Waals surface area contributed by atoms with Crippen LogP contribution in [0.1, 0.15) is 54.2 Å². The molecule has 4 rings (SSSR count). The number of hydrogen-bond donors (Lipinski definition) is 2. The number of fused-ring (bicyclic) bond motifs is 1. The Morgan fingerprint density at radius 2 is 1.77 bits per heavy atom. The van der Waals surface area contributed by atoms with E-state index in [0.29, 0.717) is 16.5 Å². The molecule has 1 heterocycles. The van der Waals surface area contributed by atoms with Crippen molar-refractivity contribution in [2.75, 3.05) is 7.11 Å².